The zero-order chi connectivity index (χ0) is 17.5. The van der Waals surface area contributed by atoms with E-state index in [0.717, 1.165) is 25.5 Å². The first kappa shape index (κ1) is 18.3. The van der Waals surface area contributed by atoms with Crippen LogP contribution in [-0.2, 0) is 13.0 Å². The minimum absolute atomic E-state index is 0.768. The minimum Gasteiger partial charge on any atom is -0.377 e. The highest BCUT2D eigenvalue weighted by Gasteiger charge is 2.09. The summed E-state index contributed by atoms with van der Waals surface area (Å²) in [5, 5.41) is 5.61. The number of nitrogens with zero attached hydrogens (tertiary/aromatic N) is 3. The van der Waals surface area contributed by atoms with E-state index in [4.69, 9.17) is 0 Å². The van der Waals surface area contributed by atoms with E-state index in [-0.39, 0.29) is 0 Å². The Morgan fingerprint density at radius 2 is 2.00 bits per heavy atom. The molecule has 0 saturated heterocycles. The van der Waals surface area contributed by atoms with E-state index in [0.29, 0.717) is 0 Å². The van der Waals surface area contributed by atoms with Crippen molar-refractivity contribution >= 4 is 23.0 Å². The summed E-state index contributed by atoms with van der Waals surface area (Å²) in [5.74, 6) is 0.928. The van der Waals surface area contributed by atoms with Gasteiger partial charge in [0, 0.05) is 51.8 Å². The topological polar surface area (TPSA) is 30.9 Å². The molecule has 0 aliphatic rings. The summed E-state index contributed by atoms with van der Waals surface area (Å²) in [6, 6.07) is 10.9. The van der Waals surface area contributed by atoms with Gasteiger partial charge in [-0.05, 0) is 42.0 Å². The quantitative estimate of drug-likeness (QED) is 0.644. The summed E-state index contributed by atoms with van der Waals surface area (Å²) in [5.41, 5.74) is 3.80. The summed E-state index contributed by atoms with van der Waals surface area (Å²) < 4.78 is 0. The van der Waals surface area contributed by atoms with Crippen LogP contribution in [0.25, 0.3) is 0 Å². The Morgan fingerprint density at radius 3 is 2.62 bits per heavy atom. The van der Waals surface area contributed by atoms with Crippen LogP contribution in [0.1, 0.15) is 16.0 Å². The number of thiophene rings is 1. The maximum Gasteiger partial charge on any atom is 0.193 e. The average Bonchev–Trinajstić information content (AvgIpc) is 3.07. The first-order valence-corrected chi connectivity index (χ1v) is 9.10. The molecule has 0 fully saturated rings. The van der Waals surface area contributed by atoms with Gasteiger partial charge in [0.05, 0.1) is 0 Å². The monoisotopic (exact) mass is 344 g/mol. The molecule has 1 aromatic heterocycles. The molecule has 4 nitrogen and oxygen atoms in total. The van der Waals surface area contributed by atoms with Gasteiger partial charge in [0.15, 0.2) is 5.96 Å². The van der Waals surface area contributed by atoms with Crippen molar-refractivity contribution in [3.8, 4) is 0 Å². The van der Waals surface area contributed by atoms with Crippen LogP contribution in [0, 0.1) is 6.92 Å². The molecule has 1 heterocycles. The fourth-order valence-corrected chi connectivity index (χ4v) is 3.34. The molecule has 130 valence electrons. The lowest BCUT2D eigenvalue weighted by Crippen LogP contribution is -2.39. The Labute approximate surface area is 149 Å². The number of benzene rings is 1. The Kier molecular flexibility index (Phi) is 6.67. The SMILES string of the molecule is CN=C(NCc1ccc(C)cc1N(C)C)N(C)CCc1cccs1. The highest BCUT2D eigenvalue weighted by Crippen LogP contribution is 2.20. The molecule has 0 spiro atoms. The van der Waals surface area contributed by atoms with E-state index >= 15 is 0 Å². The second-order valence-electron chi connectivity index (χ2n) is 6.18. The van der Waals surface area contributed by atoms with Crippen molar-refractivity contribution in [2.75, 3.05) is 39.6 Å². The Morgan fingerprint density at radius 1 is 1.21 bits per heavy atom. The lowest BCUT2D eigenvalue weighted by atomic mass is 10.1. The van der Waals surface area contributed by atoms with Crippen molar-refractivity contribution in [2.45, 2.75) is 19.9 Å². The molecule has 2 rings (SSSR count). The number of nitrogens with one attached hydrogen (secondary N) is 1. The number of hydrogen-bond donors (Lipinski definition) is 1. The van der Waals surface area contributed by atoms with Gasteiger partial charge < -0.3 is 15.1 Å². The highest BCUT2D eigenvalue weighted by molar-refractivity contribution is 7.09. The van der Waals surface area contributed by atoms with E-state index in [1.165, 1.54) is 21.7 Å². The fraction of sp³-hybridized carbons (Fsp3) is 0.421. The minimum atomic E-state index is 0.768. The molecule has 0 unspecified atom stereocenters. The van der Waals surface area contributed by atoms with Gasteiger partial charge >= 0.3 is 0 Å². The van der Waals surface area contributed by atoms with Gasteiger partial charge in [0.2, 0.25) is 0 Å². The fourth-order valence-electron chi connectivity index (χ4n) is 2.64. The van der Waals surface area contributed by atoms with Crippen molar-refractivity contribution in [3.05, 3.63) is 51.7 Å². The summed E-state index contributed by atoms with van der Waals surface area (Å²) in [6.45, 7) is 3.85. The van der Waals surface area contributed by atoms with Crippen LogP contribution in [0.4, 0.5) is 5.69 Å². The number of anilines is 1. The predicted molar refractivity (Wildman–Crippen MR) is 106 cm³/mol. The molecule has 0 radical (unpaired) electrons. The lowest BCUT2D eigenvalue weighted by molar-refractivity contribution is 0.486. The first-order valence-electron chi connectivity index (χ1n) is 8.22. The maximum absolute atomic E-state index is 4.42. The molecule has 0 aliphatic carbocycles. The van der Waals surface area contributed by atoms with Crippen LogP contribution in [0.15, 0.2) is 40.7 Å². The van der Waals surface area contributed by atoms with Crippen molar-refractivity contribution in [2.24, 2.45) is 4.99 Å². The Bertz CT molecular complexity index is 662. The predicted octanol–water partition coefficient (Wildman–Crippen LogP) is 3.37. The molecule has 24 heavy (non-hydrogen) atoms. The summed E-state index contributed by atoms with van der Waals surface area (Å²) in [4.78, 5) is 10.2. The van der Waals surface area contributed by atoms with E-state index in [1.807, 2.05) is 18.4 Å². The third-order valence-electron chi connectivity index (χ3n) is 4.01. The van der Waals surface area contributed by atoms with Gasteiger partial charge in [0.1, 0.15) is 0 Å². The zero-order valence-electron chi connectivity index (χ0n) is 15.3. The van der Waals surface area contributed by atoms with Crippen LogP contribution < -0.4 is 10.2 Å². The van der Waals surface area contributed by atoms with Crippen molar-refractivity contribution < 1.29 is 0 Å². The molecule has 0 aliphatic heterocycles. The van der Waals surface area contributed by atoms with Crippen LogP contribution in [-0.4, -0.2) is 45.6 Å². The molecule has 0 atom stereocenters. The Hall–Kier alpha value is -2.01. The van der Waals surface area contributed by atoms with E-state index in [1.54, 1.807) is 0 Å². The molecular weight excluding hydrogens is 316 g/mol. The highest BCUT2D eigenvalue weighted by atomic mass is 32.1. The molecule has 1 aromatic carbocycles. The smallest absolute Gasteiger partial charge is 0.193 e. The normalized spacial score (nSPS) is 11.5. The average molecular weight is 345 g/mol. The van der Waals surface area contributed by atoms with Crippen LogP contribution in [0.3, 0.4) is 0 Å². The van der Waals surface area contributed by atoms with Crippen LogP contribution in [0.5, 0.6) is 0 Å². The lowest BCUT2D eigenvalue weighted by Gasteiger charge is -2.24. The third kappa shape index (κ3) is 4.99. The number of aryl methyl sites for hydroxylation is 1. The second-order valence-corrected chi connectivity index (χ2v) is 7.21. The molecule has 1 N–H and O–H groups in total. The zero-order valence-corrected chi connectivity index (χ0v) is 16.2. The number of aliphatic imine (C=N–C) groups is 1. The Balaban J connectivity index is 1.96. The van der Waals surface area contributed by atoms with Crippen molar-refractivity contribution in [1.82, 2.24) is 10.2 Å². The van der Waals surface area contributed by atoms with Gasteiger partial charge in [0.25, 0.3) is 0 Å². The number of likely N-dealkylation sites (N-methyl/N-ethyl adjacent to an activating group) is 1. The van der Waals surface area contributed by atoms with Gasteiger partial charge in [-0.2, -0.15) is 0 Å². The number of rotatable bonds is 6. The standard InChI is InChI=1S/C19H28N4S/c1-15-8-9-16(18(13-15)22(3)4)14-21-19(20-2)23(5)11-10-17-7-6-12-24-17/h6-9,12-13H,10-11,14H2,1-5H3,(H,20,21). The maximum atomic E-state index is 4.42. The molecule has 2 aromatic rings. The molecule has 5 heteroatoms. The second kappa shape index (κ2) is 8.73. The van der Waals surface area contributed by atoms with Gasteiger partial charge in [-0.15, -0.1) is 11.3 Å². The number of hydrogen-bond acceptors (Lipinski definition) is 3. The third-order valence-corrected chi connectivity index (χ3v) is 4.94. The molecule has 0 amide bonds. The van der Waals surface area contributed by atoms with Crippen LogP contribution in [0.2, 0.25) is 0 Å². The van der Waals surface area contributed by atoms with Crippen LogP contribution >= 0.6 is 11.3 Å². The van der Waals surface area contributed by atoms with E-state index < -0.39 is 0 Å². The summed E-state index contributed by atoms with van der Waals surface area (Å²) >= 11 is 1.81. The number of guanidine groups is 1. The molecule has 0 bridgehead atoms. The largest absolute Gasteiger partial charge is 0.377 e. The van der Waals surface area contributed by atoms with E-state index in [9.17, 15) is 0 Å². The molecular formula is C19H28N4S. The summed E-state index contributed by atoms with van der Waals surface area (Å²) in [7, 11) is 8.09. The van der Waals surface area contributed by atoms with Gasteiger partial charge in [-0.3, -0.25) is 4.99 Å². The van der Waals surface area contributed by atoms with Crippen molar-refractivity contribution in [3.63, 3.8) is 0 Å². The van der Waals surface area contributed by atoms with Gasteiger partial charge in [-0.25, -0.2) is 0 Å². The summed E-state index contributed by atoms with van der Waals surface area (Å²) in [6.07, 6.45) is 1.04. The molecule has 0 saturated carbocycles. The first-order chi connectivity index (χ1) is 11.5. The van der Waals surface area contributed by atoms with Gasteiger partial charge in [-0.1, -0.05) is 18.2 Å². The van der Waals surface area contributed by atoms with E-state index in [2.05, 4.69) is 83.9 Å². The van der Waals surface area contributed by atoms with Crippen molar-refractivity contribution in [1.29, 1.82) is 0 Å².